The predicted molar refractivity (Wildman–Crippen MR) is 77.5 cm³/mol. The summed E-state index contributed by atoms with van der Waals surface area (Å²) in [6.07, 6.45) is 0.505. The Hall–Kier alpha value is -1.55. The van der Waals surface area contributed by atoms with Crippen LogP contribution in [-0.2, 0) is 4.79 Å². The van der Waals surface area contributed by atoms with Gasteiger partial charge in [-0.2, -0.15) is 0 Å². The Kier molecular flexibility index (Phi) is 5.83. The van der Waals surface area contributed by atoms with Crippen molar-refractivity contribution in [2.45, 2.75) is 26.3 Å². The summed E-state index contributed by atoms with van der Waals surface area (Å²) in [5.41, 5.74) is 2.33. The zero-order valence-electron chi connectivity index (χ0n) is 12.5. The van der Waals surface area contributed by atoms with E-state index in [9.17, 15) is 4.79 Å². The van der Waals surface area contributed by atoms with Gasteiger partial charge in [0.25, 0.3) is 0 Å². The Morgan fingerprint density at radius 1 is 1.42 bits per heavy atom. The third kappa shape index (κ3) is 4.56. The Morgan fingerprint density at radius 3 is 2.68 bits per heavy atom. The average Bonchev–Trinajstić information content (AvgIpc) is 2.38. The van der Waals surface area contributed by atoms with E-state index >= 15 is 0 Å². The van der Waals surface area contributed by atoms with E-state index < -0.39 is 0 Å². The van der Waals surface area contributed by atoms with Gasteiger partial charge in [-0.3, -0.25) is 4.79 Å². The zero-order valence-corrected chi connectivity index (χ0v) is 12.5. The summed E-state index contributed by atoms with van der Waals surface area (Å²) in [5, 5.41) is 3.36. The topological polar surface area (TPSA) is 41.6 Å². The first-order chi connectivity index (χ1) is 8.95. The number of carbonyl (C=O) groups excluding carboxylic acids is 1. The molecule has 0 aliphatic heterocycles. The monoisotopic (exact) mass is 264 g/mol. The van der Waals surface area contributed by atoms with Gasteiger partial charge in [-0.05, 0) is 19.9 Å². The molecule has 0 spiro atoms. The van der Waals surface area contributed by atoms with Crippen LogP contribution in [0.4, 0.5) is 0 Å². The second kappa shape index (κ2) is 7.14. The van der Waals surface area contributed by atoms with Crippen LogP contribution in [-0.4, -0.2) is 38.6 Å². The number of hydrogen-bond donors (Lipinski definition) is 1. The van der Waals surface area contributed by atoms with Crippen LogP contribution in [0.1, 0.15) is 30.5 Å². The largest absolute Gasteiger partial charge is 0.496 e. The molecule has 0 fully saturated rings. The number of amides is 1. The maximum Gasteiger partial charge on any atom is 0.223 e. The molecule has 4 nitrogen and oxygen atoms in total. The van der Waals surface area contributed by atoms with E-state index in [-0.39, 0.29) is 11.9 Å². The number of carbonyl (C=O) groups is 1. The molecule has 0 bridgehead atoms. The summed E-state index contributed by atoms with van der Waals surface area (Å²) in [6, 6.07) is 6.28. The van der Waals surface area contributed by atoms with Gasteiger partial charge < -0.3 is 15.0 Å². The molecule has 0 saturated heterocycles. The number of nitrogens with zero attached hydrogens (tertiary/aromatic N) is 1. The van der Waals surface area contributed by atoms with Crippen LogP contribution in [0.3, 0.4) is 0 Å². The first-order valence-corrected chi connectivity index (χ1v) is 6.53. The SMILES string of the molecule is COc1ccc(C)cc1C(C)NCCC(=O)N(C)C. The average molecular weight is 264 g/mol. The Labute approximate surface area is 115 Å². The van der Waals surface area contributed by atoms with Crippen molar-refractivity contribution in [1.29, 1.82) is 0 Å². The molecule has 19 heavy (non-hydrogen) atoms. The minimum Gasteiger partial charge on any atom is -0.496 e. The first kappa shape index (κ1) is 15.5. The van der Waals surface area contributed by atoms with Crippen LogP contribution in [0.25, 0.3) is 0 Å². The molecule has 1 rings (SSSR count). The molecule has 1 amide bonds. The van der Waals surface area contributed by atoms with Crippen LogP contribution in [0, 0.1) is 6.92 Å². The lowest BCUT2D eigenvalue weighted by atomic mass is 10.0. The lowest BCUT2D eigenvalue weighted by Gasteiger charge is -2.18. The molecule has 1 N–H and O–H groups in total. The fourth-order valence-electron chi connectivity index (χ4n) is 1.92. The number of rotatable bonds is 6. The second-order valence-electron chi connectivity index (χ2n) is 4.96. The maximum absolute atomic E-state index is 11.5. The van der Waals surface area contributed by atoms with Crippen molar-refractivity contribution in [3.63, 3.8) is 0 Å². The van der Waals surface area contributed by atoms with Crippen molar-refractivity contribution in [2.24, 2.45) is 0 Å². The summed E-state index contributed by atoms with van der Waals surface area (Å²) < 4.78 is 5.37. The fourth-order valence-corrected chi connectivity index (χ4v) is 1.92. The summed E-state index contributed by atoms with van der Waals surface area (Å²) in [6.45, 7) is 4.80. The summed E-state index contributed by atoms with van der Waals surface area (Å²) in [5.74, 6) is 1.01. The number of hydrogen-bond acceptors (Lipinski definition) is 3. The highest BCUT2D eigenvalue weighted by atomic mass is 16.5. The summed E-state index contributed by atoms with van der Waals surface area (Å²) in [4.78, 5) is 13.1. The highest BCUT2D eigenvalue weighted by Gasteiger charge is 2.12. The Morgan fingerprint density at radius 2 is 2.11 bits per heavy atom. The lowest BCUT2D eigenvalue weighted by Crippen LogP contribution is -2.28. The van der Waals surface area contributed by atoms with Crippen molar-refractivity contribution in [3.8, 4) is 5.75 Å². The van der Waals surface area contributed by atoms with Gasteiger partial charge in [0.2, 0.25) is 5.91 Å². The highest BCUT2D eigenvalue weighted by molar-refractivity contribution is 5.75. The molecule has 0 heterocycles. The Balaban J connectivity index is 2.60. The van der Waals surface area contributed by atoms with Crippen LogP contribution < -0.4 is 10.1 Å². The lowest BCUT2D eigenvalue weighted by molar-refractivity contribution is -0.128. The predicted octanol–water partition coefficient (Wildman–Crippen LogP) is 2.13. The maximum atomic E-state index is 11.5. The van der Waals surface area contributed by atoms with E-state index in [0.717, 1.165) is 11.3 Å². The third-order valence-electron chi connectivity index (χ3n) is 3.14. The van der Waals surface area contributed by atoms with Crippen molar-refractivity contribution >= 4 is 5.91 Å². The van der Waals surface area contributed by atoms with Crippen LogP contribution in [0.5, 0.6) is 5.75 Å². The van der Waals surface area contributed by atoms with Gasteiger partial charge >= 0.3 is 0 Å². The van der Waals surface area contributed by atoms with Gasteiger partial charge in [0.05, 0.1) is 7.11 Å². The van der Waals surface area contributed by atoms with Crippen molar-refractivity contribution < 1.29 is 9.53 Å². The molecule has 0 aliphatic carbocycles. The van der Waals surface area contributed by atoms with Gasteiger partial charge in [-0.25, -0.2) is 0 Å². The fraction of sp³-hybridized carbons (Fsp3) is 0.533. The van der Waals surface area contributed by atoms with Crippen molar-refractivity contribution in [2.75, 3.05) is 27.7 Å². The molecule has 1 atom stereocenters. The molecule has 106 valence electrons. The first-order valence-electron chi connectivity index (χ1n) is 6.53. The standard InChI is InChI=1S/C15H24N2O2/c1-11-6-7-14(19-5)13(10-11)12(2)16-9-8-15(18)17(3)4/h6-7,10,12,16H,8-9H2,1-5H3. The number of methoxy groups -OCH3 is 1. The minimum atomic E-state index is 0.135. The van der Waals surface area contributed by atoms with E-state index in [4.69, 9.17) is 4.74 Å². The van der Waals surface area contributed by atoms with Crippen LogP contribution in [0.2, 0.25) is 0 Å². The van der Waals surface area contributed by atoms with Gasteiger partial charge in [0.15, 0.2) is 0 Å². The number of ether oxygens (including phenoxy) is 1. The number of nitrogens with one attached hydrogen (secondary N) is 1. The molecule has 0 aromatic heterocycles. The molecule has 0 saturated carbocycles. The van der Waals surface area contributed by atoms with Gasteiger partial charge in [-0.15, -0.1) is 0 Å². The van der Waals surface area contributed by atoms with Crippen molar-refractivity contribution in [3.05, 3.63) is 29.3 Å². The smallest absolute Gasteiger partial charge is 0.223 e. The molecule has 1 aromatic carbocycles. The van der Waals surface area contributed by atoms with E-state index in [0.29, 0.717) is 13.0 Å². The molecular formula is C15H24N2O2. The molecule has 1 aromatic rings. The van der Waals surface area contributed by atoms with E-state index in [1.807, 2.05) is 12.1 Å². The highest BCUT2D eigenvalue weighted by Crippen LogP contribution is 2.25. The van der Waals surface area contributed by atoms with Gasteiger partial charge in [0.1, 0.15) is 5.75 Å². The number of aryl methyl sites for hydroxylation is 1. The van der Waals surface area contributed by atoms with E-state index in [1.54, 1.807) is 26.1 Å². The quantitative estimate of drug-likeness (QED) is 0.856. The number of benzene rings is 1. The minimum absolute atomic E-state index is 0.135. The molecule has 0 aliphatic rings. The second-order valence-corrected chi connectivity index (χ2v) is 4.96. The third-order valence-corrected chi connectivity index (χ3v) is 3.14. The normalized spacial score (nSPS) is 12.1. The molecule has 0 radical (unpaired) electrons. The van der Waals surface area contributed by atoms with Crippen molar-refractivity contribution in [1.82, 2.24) is 10.2 Å². The van der Waals surface area contributed by atoms with Crippen LogP contribution >= 0.6 is 0 Å². The molecular weight excluding hydrogens is 240 g/mol. The molecule has 1 unspecified atom stereocenters. The molecule has 4 heteroatoms. The van der Waals surface area contributed by atoms with E-state index in [1.165, 1.54) is 5.56 Å². The van der Waals surface area contributed by atoms with E-state index in [2.05, 4.69) is 25.2 Å². The van der Waals surface area contributed by atoms with Gasteiger partial charge in [0, 0.05) is 38.7 Å². The van der Waals surface area contributed by atoms with Crippen LogP contribution in [0.15, 0.2) is 18.2 Å². The summed E-state index contributed by atoms with van der Waals surface area (Å²) >= 11 is 0. The zero-order chi connectivity index (χ0) is 14.4. The van der Waals surface area contributed by atoms with Gasteiger partial charge in [-0.1, -0.05) is 17.7 Å². The Bertz CT molecular complexity index is 430. The summed E-state index contributed by atoms with van der Waals surface area (Å²) in [7, 11) is 5.22.